The second-order valence-electron chi connectivity index (χ2n) is 7.90. The molecule has 1 aliphatic carbocycles. The average molecular weight is 282 g/mol. The van der Waals surface area contributed by atoms with Gasteiger partial charge in [0.1, 0.15) is 0 Å². The SMILES string of the molecule is CC(C)CC(C)(CN)NC(=O)C1(CC(C)C)CCCC1. The number of nitrogens with two attached hydrogens (primary N) is 1. The molecule has 3 nitrogen and oxygen atoms in total. The Kier molecular flexibility index (Phi) is 6.06. The number of hydrogen-bond donors (Lipinski definition) is 2. The molecule has 0 bridgehead atoms. The van der Waals surface area contributed by atoms with Gasteiger partial charge in [0.05, 0.1) is 0 Å². The first kappa shape index (κ1) is 17.5. The van der Waals surface area contributed by atoms with Crippen molar-refractivity contribution in [3.05, 3.63) is 0 Å². The molecule has 1 amide bonds. The van der Waals surface area contributed by atoms with E-state index in [2.05, 4.69) is 39.9 Å². The summed E-state index contributed by atoms with van der Waals surface area (Å²) in [6, 6.07) is 0. The smallest absolute Gasteiger partial charge is 0.226 e. The maximum Gasteiger partial charge on any atom is 0.226 e. The van der Waals surface area contributed by atoms with E-state index in [4.69, 9.17) is 5.73 Å². The quantitative estimate of drug-likeness (QED) is 0.751. The highest BCUT2D eigenvalue weighted by atomic mass is 16.2. The molecule has 0 spiro atoms. The lowest BCUT2D eigenvalue weighted by atomic mass is 9.76. The lowest BCUT2D eigenvalue weighted by Gasteiger charge is -2.37. The van der Waals surface area contributed by atoms with Crippen molar-refractivity contribution in [2.75, 3.05) is 6.54 Å². The van der Waals surface area contributed by atoms with Gasteiger partial charge in [-0.15, -0.1) is 0 Å². The van der Waals surface area contributed by atoms with E-state index in [0.29, 0.717) is 18.4 Å². The Morgan fingerprint density at radius 1 is 1.20 bits per heavy atom. The summed E-state index contributed by atoms with van der Waals surface area (Å²) in [6.07, 6.45) is 6.39. The fourth-order valence-corrected chi connectivity index (χ4v) is 3.85. The van der Waals surface area contributed by atoms with Gasteiger partial charge in [0.15, 0.2) is 0 Å². The maximum atomic E-state index is 12.9. The van der Waals surface area contributed by atoms with Crippen LogP contribution in [0.2, 0.25) is 0 Å². The maximum absolute atomic E-state index is 12.9. The zero-order chi connectivity index (χ0) is 15.4. The number of hydrogen-bond acceptors (Lipinski definition) is 2. The van der Waals surface area contributed by atoms with E-state index in [9.17, 15) is 4.79 Å². The summed E-state index contributed by atoms with van der Waals surface area (Å²) < 4.78 is 0. The monoisotopic (exact) mass is 282 g/mol. The van der Waals surface area contributed by atoms with Crippen molar-refractivity contribution < 1.29 is 4.79 Å². The summed E-state index contributed by atoms with van der Waals surface area (Å²) in [6.45, 7) is 11.4. The molecule has 1 rings (SSSR count). The van der Waals surface area contributed by atoms with Crippen LogP contribution in [-0.4, -0.2) is 18.0 Å². The van der Waals surface area contributed by atoms with Gasteiger partial charge in [-0.1, -0.05) is 40.5 Å². The molecule has 0 aromatic carbocycles. The van der Waals surface area contributed by atoms with Crippen molar-refractivity contribution in [2.24, 2.45) is 23.0 Å². The highest BCUT2D eigenvalue weighted by molar-refractivity contribution is 5.83. The van der Waals surface area contributed by atoms with E-state index in [-0.39, 0.29) is 16.9 Å². The summed E-state index contributed by atoms with van der Waals surface area (Å²) in [5.41, 5.74) is 5.53. The standard InChI is InChI=1S/C17H34N2O/c1-13(2)10-16(5,12-18)19-15(20)17(11-14(3)4)8-6-7-9-17/h13-14H,6-12,18H2,1-5H3,(H,19,20). The van der Waals surface area contributed by atoms with Crippen LogP contribution in [0.5, 0.6) is 0 Å². The van der Waals surface area contributed by atoms with Gasteiger partial charge in [-0.05, 0) is 44.4 Å². The zero-order valence-electron chi connectivity index (χ0n) is 14.1. The molecule has 0 aromatic rings. The highest BCUT2D eigenvalue weighted by Crippen LogP contribution is 2.43. The minimum atomic E-state index is -0.266. The van der Waals surface area contributed by atoms with Gasteiger partial charge < -0.3 is 11.1 Å². The second-order valence-corrected chi connectivity index (χ2v) is 7.90. The Morgan fingerprint density at radius 3 is 2.15 bits per heavy atom. The van der Waals surface area contributed by atoms with Crippen LogP contribution in [0.15, 0.2) is 0 Å². The first-order chi connectivity index (χ1) is 9.23. The minimum Gasteiger partial charge on any atom is -0.349 e. The predicted octanol–water partition coefficient (Wildman–Crippen LogP) is 3.47. The van der Waals surface area contributed by atoms with Crippen LogP contribution < -0.4 is 11.1 Å². The Morgan fingerprint density at radius 2 is 1.75 bits per heavy atom. The van der Waals surface area contributed by atoms with E-state index in [0.717, 1.165) is 25.7 Å². The van der Waals surface area contributed by atoms with Gasteiger partial charge in [-0.3, -0.25) is 4.79 Å². The number of carbonyl (C=O) groups excluding carboxylic acids is 1. The first-order valence-corrected chi connectivity index (χ1v) is 8.26. The fourth-order valence-electron chi connectivity index (χ4n) is 3.85. The van der Waals surface area contributed by atoms with Crippen LogP contribution in [0.25, 0.3) is 0 Å². The van der Waals surface area contributed by atoms with Crippen LogP contribution in [0, 0.1) is 17.3 Å². The van der Waals surface area contributed by atoms with Gasteiger partial charge in [-0.25, -0.2) is 0 Å². The molecule has 20 heavy (non-hydrogen) atoms. The van der Waals surface area contributed by atoms with Crippen LogP contribution in [0.3, 0.4) is 0 Å². The van der Waals surface area contributed by atoms with Gasteiger partial charge in [-0.2, -0.15) is 0 Å². The van der Waals surface area contributed by atoms with Crippen LogP contribution in [-0.2, 0) is 4.79 Å². The number of rotatable bonds is 7. The lowest BCUT2D eigenvalue weighted by molar-refractivity contribution is -0.133. The molecular weight excluding hydrogens is 248 g/mol. The second kappa shape index (κ2) is 6.93. The topological polar surface area (TPSA) is 55.1 Å². The summed E-state index contributed by atoms with van der Waals surface area (Å²) >= 11 is 0. The van der Waals surface area contributed by atoms with Gasteiger partial charge >= 0.3 is 0 Å². The first-order valence-electron chi connectivity index (χ1n) is 8.26. The predicted molar refractivity (Wildman–Crippen MR) is 85.4 cm³/mol. The third-order valence-corrected chi connectivity index (χ3v) is 4.57. The Labute approximate surface area is 125 Å². The summed E-state index contributed by atoms with van der Waals surface area (Å²) in [5, 5.41) is 3.30. The molecule has 1 atom stereocenters. The van der Waals surface area contributed by atoms with E-state index in [1.54, 1.807) is 0 Å². The molecule has 0 radical (unpaired) electrons. The third kappa shape index (κ3) is 4.47. The largest absolute Gasteiger partial charge is 0.349 e. The van der Waals surface area contributed by atoms with Crippen molar-refractivity contribution in [2.45, 2.75) is 78.7 Å². The molecule has 0 aromatic heterocycles. The Balaban J connectivity index is 2.80. The third-order valence-electron chi connectivity index (χ3n) is 4.57. The van der Waals surface area contributed by atoms with Crippen molar-refractivity contribution in [3.63, 3.8) is 0 Å². The van der Waals surface area contributed by atoms with Crippen LogP contribution >= 0.6 is 0 Å². The lowest BCUT2D eigenvalue weighted by Crippen LogP contribution is -2.56. The molecule has 3 N–H and O–H groups in total. The number of nitrogens with one attached hydrogen (secondary N) is 1. The van der Waals surface area contributed by atoms with E-state index < -0.39 is 0 Å². The Hall–Kier alpha value is -0.570. The fraction of sp³-hybridized carbons (Fsp3) is 0.941. The minimum absolute atomic E-state index is 0.137. The molecule has 0 aliphatic heterocycles. The van der Waals surface area contributed by atoms with E-state index in [1.165, 1.54) is 12.8 Å². The number of amides is 1. The van der Waals surface area contributed by atoms with Crippen LogP contribution in [0.4, 0.5) is 0 Å². The molecule has 1 aliphatic rings. The van der Waals surface area contributed by atoms with E-state index >= 15 is 0 Å². The van der Waals surface area contributed by atoms with Crippen LogP contribution in [0.1, 0.15) is 73.1 Å². The zero-order valence-corrected chi connectivity index (χ0v) is 14.1. The molecule has 1 fully saturated rings. The summed E-state index contributed by atoms with van der Waals surface area (Å²) in [4.78, 5) is 12.9. The number of carbonyl (C=O) groups is 1. The Bertz CT molecular complexity index is 319. The molecule has 3 heteroatoms. The molecule has 1 unspecified atom stereocenters. The van der Waals surface area contributed by atoms with Crippen molar-refractivity contribution in [1.29, 1.82) is 0 Å². The summed E-state index contributed by atoms with van der Waals surface area (Å²) in [5.74, 6) is 1.35. The molecule has 118 valence electrons. The van der Waals surface area contributed by atoms with Crippen molar-refractivity contribution >= 4 is 5.91 Å². The molecule has 1 saturated carbocycles. The molecular formula is C17H34N2O. The van der Waals surface area contributed by atoms with Crippen molar-refractivity contribution in [1.82, 2.24) is 5.32 Å². The van der Waals surface area contributed by atoms with Gasteiger partial charge in [0.25, 0.3) is 0 Å². The molecule has 0 heterocycles. The molecule has 0 saturated heterocycles. The van der Waals surface area contributed by atoms with Crippen molar-refractivity contribution in [3.8, 4) is 0 Å². The normalized spacial score (nSPS) is 21.2. The summed E-state index contributed by atoms with van der Waals surface area (Å²) in [7, 11) is 0. The highest BCUT2D eigenvalue weighted by Gasteiger charge is 2.43. The van der Waals surface area contributed by atoms with E-state index in [1.807, 2.05) is 0 Å². The average Bonchev–Trinajstić information content (AvgIpc) is 2.76. The van der Waals surface area contributed by atoms with Gasteiger partial charge in [0.2, 0.25) is 5.91 Å². The van der Waals surface area contributed by atoms with Gasteiger partial charge in [0, 0.05) is 17.5 Å².